The molecule has 1 atom stereocenters. The molecule has 1 N–H and O–H groups in total. The summed E-state index contributed by atoms with van der Waals surface area (Å²) >= 11 is 0. The number of hydrogen-bond donors (Lipinski definition) is 1. The molecule has 1 aliphatic heterocycles. The van der Waals surface area contributed by atoms with Gasteiger partial charge in [-0.1, -0.05) is 23.4 Å². The number of alkyl halides is 3. The molecule has 1 aliphatic rings. The SMILES string of the molecule is O=C(c1ccccc1)N1CCC[C@H](n2cnc(-c3cc(-c4nn[nH]c4C(F)(F)F)ccn3)c2)C1. The number of benzene rings is 1. The number of rotatable bonds is 4. The molecule has 0 unspecified atom stereocenters. The van der Waals surface area contributed by atoms with Crippen molar-refractivity contribution in [3.05, 3.63) is 72.4 Å². The van der Waals surface area contributed by atoms with Gasteiger partial charge in [0, 0.05) is 36.6 Å². The zero-order chi connectivity index (χ0) is 23.7. The van der Waals surface area contributed by atoms with E-state index in [9.17, 15) is 18.0 Å². The van der Waals surface area contributed by atoms with E-state index in [0.717, 1.165) is 12.8 Å². The van der Waals surface area contributed by atoms with Crippen LogP contribution in [0.4, 0.5) is 13.2 Å². The van der Waals surface area contributed by atoms with Gasteiger partial charge in [0.05, 0.1) is 18.1 Å². The first-order valence-electron chi connectivity index (χ1n) is 10.7. The van der Waals surface area contributed by atoms with Crippen LogP contribution in [0.5, 0.6) is 0 Å². The molecule has 1 saturated heterocycles. The van der Waals surface area contributed by atoms with Gasteiger partial charge in [-0.3, -0.25) is 14.9 Å². The molecule has 34 heavy (non-hydrogen) atoms. The Morgan fingerprint density at radius 1 is 1.09 bits per heavy atom. The summed E-state index contributed by atoms with van der Waals surface area (Å²) in [5.74, 6) is -0.00640. The smallest absolute Gasteiger partial charge is 0.337 e. The van der Waals surface area contributed by atoms with Gasteiger partial charge in [-0.25, -0.2) is 4.98 Å². The van der Waals surface area contributed by atoms with Crippen molar-refractivity contribution in [2.45, 2.75) is 25.1 Å². The lowest BCUT2D eigenvalue weighted by Gasteiger charge is -2.33. The van der Waals surface area contributed by atoms with E-state index < -0.39 is 11.9 Å². The largest absolute Gasteiger partial charge is 0.435 e. The molecule has 4 aromatic rings. The molecule has 0 bridgehead atoms. The summed E-state index contributed by atoms with van der Waals surface area (Å²) < 4.78 is 41.6. The van der Waals surface area contributed by atoms with E-state index in [-0.39, 0.29) is 23.2 Å². The van der Waals surface area contributed by atoms with E-state index >= 15 is 0 Å². The highest BCUT2D eigenvalue weighted by Crippen LogP contribution is 2.35. The van der Waals surface area contributed by atoms with Crippen LogP contribution in [0.25, 0.3) is 22.6 Å². The molecule has 1 fully saturated rings. The molecule has 174 valence electrons. The third-order valence-corrected chi connectivity index (χ3v) is 5.86. The first-order chi connectivity index (χ1) is 16.4. The summed E-state index contributed by atoms with van der Waals surface area (Å²) in [5, 5.41) is 8.83. The highest BCUT2D eigenvalue weighted by Gasteiger charge is 2.37. The topological polar surface area (TPSA) is 92.6 Å². The standard InChI is InChI=1S/C23H20F3N7O/c24-23(25,26)21-20(29-31-30-21)16-8-9-27-18(11-16)19-13-33(14-28-19)17-7-4-10-32(12-17)22(34)15-5-2-1-3-6-15/h1-3,5-6,8-9,11,13-14,17H,4,7,10,12H2,(H,29,30,31)/t17-/m0/s1. The molecule has 1 aromatic carbocycles. The third-order valence-electron chi connectivity index (χ3n) is 5.86. The van der Waals surface area contributed by atoms with Gasteiger partial charge in [-0.05, 0) is 37.1 Å². The minimum atomic E-state index is -4.60. The first kappa shape index (κ1) is 21.8. The van der Waals surface area contributed by atoms with Crippen molar-refractivity contribution < 1.29 is 18.0 Å². The molecule has 0 saturated carbocycles. The Labute approximate surface area is 192 Å². The second-order valence-electron chi connectivity index (χ2n) is 8.08. The monoisotopic (exact) mass is 467 g/mol. The second-order valence-corrected chi connectivity index (χ2v) is 8.08. The maximum absolute atomic E-state index is 13.2. The van der Waals surface area contributed by atoms with Crippen LogP contribution in [0.1, 0.15) is 34.9 Å². The van der Waals surface area contributed by atoms with Crippen molar-refractivity contribution >= 4 is 5.91 Å². The number of hydrogen-bond acceptors (Lipinski definition) is 5. The Bertz CT molecular complexity index is 1300. The maximum atomic E-state index is 13.2. The minimum absolute atomic E-state index is 0.00640. The average molecular weight is 467 g/mol. The summed E-state index contributed by atoms with van der Waals surface area (Å²) in [6, 6.07) is 12.2. The molecule has 0 spiro atoms. The number of H-pyrrole nitrogens is 1. The van der Waals surface area contributed by atoms with Gasteiger partial charge in [-0.2, -0.15) is 13.2 Å². The minimum Gasteiger partial charge on any atom is -0.337 e. The summed E-state index contributed by atoms with van der Waals surface area (Å²) in [7, 11) is 0. The summed E-state index contributed by atoms with van der Waals surface area (Å²) in [6.07, 6.45) is 2.03. The van der Waals surface area contributed by atoms with Crippen LogP contribution in [0.3, 0.4) is 0 Å². The lowest BCUT2D eigenvalue weighted by molar-refractivity contribution is -0.140. The third kappa shape index (κ3) is 4.28. The predicted molar refractivity (Wildman–Crippen MR) is 116 cm³/mol. The zero-order valence-corrected chi connectivity index (χ0v) is 17.9. The van der Waals surface area contributed by atoms with Crippen molar-refractivity contribution in [2.24, 2.45) is 0 Å². The quantitative estimate of drug-likeness (QED) is 0.485. The number of pyridine rings is 1. The van der Waals surface area contributed by atoms with Crippen LogP contribution in [0, 0.1) is 0 Å². The molecule has 11 heteroatoms. The van der Waals surface area contributed by atoms with Crippen LogP contribution in [-0.4, -0.2) is 53.8 Å². The Morgan fingerprint density at radius 3 is 2.71 bits per heavy atom. The predicted octanol–water partition coefficient (Wildman–Crippen LogP) is 4.23. The van der Waals surface area contributed by atoms with E-state index in [4.69, 9.17) is 0 Å². The number of carbonyl (C=O) groups excluding carboxylic acids is 1. The summed E-state index contributed by atoms with van der Waals surface area (Å²) in [6.45, 7) is 1.24. The molecule has 0 radical (unpaired) electrons. The van der Waals surface area contributed by atoms with Gasteiger partial charge in [-0.15, -0.1) is 5.10 Å². The van der Waals surface area contributed by atoms with Gasteiger partial charge in [0.15, 0.2) is 5.69 Å². The van der Waals surface area contributed by atoms with Gasteiger partial charge >= 0.3 is 6.18 Å². The number of nitrogens with zero attached hydrogens (tertiary/aromatic N) is 6. The molecular weight excluding hydrogens is 447 g/mol. The van der Waals surface area contributed by atoms with Gasteiger partial charge < -0.3 is 9.47 Å². The van der Waals surface area contributed by atoms with Crippen molar-refractivity contribution in [1.29, 1.82) is 0 Å². The number of aromatic amines is 1. The Balaban J connectivity index is 1.36. The van der Waals surface area contributed by atoms with Crippen LogP contribution in [0.15, 0.2) is 61.2 Å². The molecule has 8 nitrogen and oxygen atoms in total. The maximum Gasteiger partial charge on any atom is 0.435 e. The molecule has 0 aliphatic carbocycles. The van der Waals surface area contributed by atoms with Crippen molar-refractivity contribution in [3.63, 3.8) is 0 Å². The molecular formula is C23H20F3N7O. The van der Waals surface area contributed by atoms with E-state index in [1.54, 1.807) is 24.7 Å². The molecule has 3 aromatic heterocycles. The van der Waals surface area contributed by atoms with Crippen LogP contribution in [-0.2, 0) is 6.18 Å². The Hall–Kier alpha value is -4.02. The lowest BCUT2D eigenvalue weighted by atomic mass is 10.0. The van der Waals surface area contributed by atoms with E-state index in [0.29, 0.717) is 30.0 Å². The number of amides is 1. The average Bonchev–Trinajstić information content (AvgIpc) is 3.55. The van der Waals surface area contributed by atoms with Gasteiger partial charge in [0.2, 0.25) is 0 Å². The van der Waals surface area contributed by atoms with Crippen molar-refractivity contribution in [2.75, 3.05) is 13.1 Å². The normalized spacial score (nSPS) is 16.6. The van der Waals surface area contributed by atoms with Crippen molar-refractivity contribution in [3.8, 4) is 22.6 Å². The molecule has 4 heterocycles. The summed E-state index contributed by atoms with van der Waals surface area (Å²) in [4.78, 5) is 23.4. The molecule has 5 rings (SSSR count). The van der Waals surface area contributed by atoms with E-state index in [1.807, 2.05) is 32.8 Å². The van der Waals surface area contributed by atoms with Crippen LogP contribution >= 0.6 is 0 Å². The number of halogens is 3. The fourth-order valence-electron chi connectivity index (χ4n) is 4.16. The second kappa shape index (κ2) is 8.73. The van der Waals surface area contributed by atoms with Gasteiger partial charge in [0.25, 0.3) is 5.91 Å². The zero-order valence-electron chi connectivity index (χ0n) is 17.9. The number of likely N-dealkylation sites (tertiary alicyclic amines) is 1. The van der Waals surface area contributed by atoms with E-state index in [2.05, 4.69) is 20.3 Å². The fourth-order valence-corrected chi connectivity index (χ4v) is 4.16. The fraction of sp³-hybridized carbons (Fsp3) is 0.261. The number of piperidine rings is 1. The first-order valence-corrected chi connectivity index (χ1v) is 10.7. The number of aromatic nitrogens is 6. The Kier molecular flexibility index (Phi) is 5.60. The summed E-state index contributed by atoms with van der Waals surface area (Å²) in [5.41, 5.74) is 0.517. The lowest BCUT2D eigenvalue weighted by Crippen LogP contribution is -2.40. The molecule has 1 amide bonds. The number of carbonyl (C=O) groups is 1. The highest BCUT2D eigenvalue weighted by atomic mass is 19.4. The van der Waals surface area contributed by atoms with Gasteiger partial charge in [0.1, 0.15) is 11.4 Å². The van der Waals surface area contributed by atoms with Crippen molar-refractivity contribution in [1.82, 2.24) is 34.8 Å². The van der Waals surface area contributed by atoms with E-state index in [1.165, 1.54) is 18.3 Å². The number of imidazole rings is 1. The highest BCUT2D eigenvalue weighted by molar-refractivity contribution is 5.94. The Morgan fingerprint density at radius 2 is 1.91 bits per heavy atom. The van der Waals surface area contributed by atoms with Crippen LogP contribution < -0.4 is 0 Å². The van der Waals surface area contributed by atoms with Crippen LogP contribution in [0.2, 0.25) is 0 Å². The number of nitrogens with one attached hydrogen (secondary N) is 1.